The highest BCUT2D eigenvalue weighted by molar-refractivity contribution is 5.77. The molecule has 1 unspecified atom stereocenters. The minimum absolute atomic E-state index is 0.137. The molecule has 1 atom stereocenters. The molecule has 0 saturated heterocycles. The number of hydrogen-bond acceptors (Lipinski definition) is 2. The van der Waals surface area contributed by atoms with Crippen molar-refractivity contribution in [3.05, 3.63) is 65.2 Å². The van der Waals surface area contributed by atoms with Crippen LogP contribution < -0.4 is 0 Å². The largest absolute Gasteiger partial charge is 0.327 e. The molecule has 2 rings (SSSR count). The first-order valence-electron chi connectivity index (χ1n) is 7.48. The van der Waals surface area contributed by atoms with E-state index in [-0.39, 0.29) is 6.04 Å². The monoisotopic (exact) mass is 293 g/mol. The average Bonchev–Trinajstić information content (AvgIpc) is 2.52. The van der Waals surface area contributed by atoms with Crippen molar-refractivity contribution in [3.8, 4) is 0 Å². The Bertz CT molecular complexity index is 660. The zero-order valence-electron chi connectivity index (χ0n) is 13.7. The highest BCUT2D eigenvalue weighted by atomic mass is 15.1. The van der Waals surface area contributed by atoms with E-state index in [9.17, 15) is 0 Å². The lowest BCUT2D eigenvalue weighted by Crippen LogP contribution is -2.13. The topological polar surface area (TPSA) is 28.0 Å². The van der Waals surface area contributed by atoms with Crippen LogP contribution in [0.5, 0.6) is 0 Å². The van der Waals surface area contributed by atoms with E-state index in [1.54, 1.807) is 6.34 Å². The van der Waals surface area contributed by atoms with Crippen LogP contribution in [0.25, 0.3) is 0 Å². The van der Waals surface area contributed by atoms with Gasteiger partial charge in [0.05, 0.1) is 24.4 Å². The van der Waals surface area contributed by atoms with Crippen molar-refractivity contribution in [3.63, 3.8) is 0 Å². The van der Waals surface area contributed by atoms with Gasteiger partial charge in [-0.15, -0.1) is 0 Å². The van der Waals surface area contributed by atoms with E-state index in [0.29, 0.717) is 0 Å². The van der Waals surface area contributed by atoms with Crippen LogP contribution in [0.1, 0.15) is 29.7 Å². The Balaban J connectivity index is 1.98. The van der Waals surface area contributed by atoms with Crippen LogP contribution in [0.15, 0.2) is 58.5 Å². The Morgan fingerprint density at radius 3 is 2.41 bits per heavy atom. The molecule has 0 heterocycles. The third kappa shape index (κ3) is 4.55. The summed E-state index contributed by atoms with van der Waals surface area (Å²) >= 11 is 0. The first-order chi connectivity index (χ1) is 10.6. The maximum absolute atomic E-state index is 4.55. The first kappa shape index (κ1) is 16.0. The minimum Gasteiger partial charge on any atom is -0.327 e. The van der Waals surface area contributed by atoms with Crippen LogP contribution in [0, 0.1) is 13.8 Å². The summed E-state index contributed by atoms with van der Waals surface area (Å²) < 4.78 is 0. The molecule has 114 valence electrons. The molecule has 2 aromatic carbocycles. The minimum atomic E-state index is 0.137. The van der Waals surface area contributed by atoms with Crippen LogP contribution in [0.2, 0.25) is 0 Å². The summed E-state index contributed by atoms with van der Waals surface area (Å²) in [7, 11) is 1.94. The fraction of sp³-hybridized carbons (Fsp3) is 0.263. The maximum Gasteiger partial charge on any atom is 0.0961 e. The van der Waals surface area contributed by atoms with Gasteiger partial charge in [-0.3, -0.25) is 4.99 Å². The van der Waals surface area contributed by atoms with Gasteiger partial charge in [0.25, 0.3) is 0 Å². The summed E-state index contributed by atoms with van der Waals surface area (Å²) in [6, 6.07) is 16.7. The van der Waals surface area contributed by atoms with Crippen molar-refractivity contribution < 1.29 is 0 Å². The lowest BCUT2D eigenvalue weighted by Gasteiger charge is -2.10. The van der Waals surface area contributed by atoms with Crippen molar-refractivity contribution in [1.82, 2.24) is 4.90 Å². The molecule has 0 aliphatic rings. The van der Waals surface area contributed by atoms with Gasteiger partial charge in [0, 0.05) is 7.05 Å². The van der Waals surface area contributed by atoms with E-state index in [1.807, 2.05) is 42.6 Å². The van der Waals surface area contributed by atoms with Gasteiger partial charge in [0.15, 0.2) is 0 Å². The molecule has 0 aromatic heterocycles. The lowest BCUT2D eigenvalue weighted by molar-refractivity contribution is 0.754. The normalized spacial score (nSPS) is 12.9. The van der Waals surface area contributed by atoms with Crippen molar-refractivity contribution in [2.75, 3.05) is 7.05 Å². The molecule has 0 N–H and O–H groups in total. The third-order valence-corrected chi connectivity index (χ3v) is 3.49. The Kier molecular flexibility index (Phi) is 5.48. The maximum atomic E-state index is 4.55. The summed E-state index contributed by atoms with van der Waals surface area (Å²) in [4.78, 5) is 10.9. The summed E-state index contributed by atoms with van der Waals surface area (Å²) in [6.45, 7) is 6.25. The molecule has 0 bridgehead atoms. The van der Waals surface area contributed by atoms with E-state index in [1.165, 1.54) is 16.7 Å². The lowest BCUT2D eigenvalue weighted by atomic mass is 10.1. The third-order valence-electron chi connectivity index (χ3n) is 3.49. The van der Waals surface area contributed by atoms with Gasteiger partial charge in [0.1, 0.15) is 0 Å². The second-order valence-electron chi connectivity index (χ2n) is 5.55. The quantitative estimate of drug-likeness (QED) is 0.581. The molecule has 22 heavy (non-hydrogen) atoms. The van der Waals surface area contributed by atoms with Gasteiger partial charge in [0.2, 0.25) is 0 Å². The second-order valence-corrected chi connectivity index (χ2v) is 5.55. The van der Waals surface area contributed by atoms with Gasteiger partial charge in [-0.1, -0.05) is 48.0 Å². The highest BCUT2D eigenvalue weighted by Gasteiger charge is 2.00. The predicted molar refractivity (Wildman–Crippen MR) is 95.2 cm³/mol. The van der Waals surface area contributed by atoms with Crippen LogP contribution >= 0.6 is 0 Å². The van der Waals surface area contributed by atoms with Crippen molar-refractivity contribution in [2.24, 2.45) is 9.98 Å². The summed E-state index contributed by atoms with van der Waals surface area (Å²) in [6.07, 6.45) is 3.60. The van der Waals surface area contributed by atoms with Gasteiger partial charge >= 0.3 is 0 Å². The summed E-state index contributed by atoms with van der Waals surface area (Å²) in [5.41, 5.74) is 4.63. The number of aliphatic imine (C=N–C) groups is 2. The van der Waals surface area contributed by atoms with E-state index in [0.717, 1.165) is 5.69 Å². The van der Waals surface area contributed by atoms with Crippen LogP contribution in [-0.4, -0.2) is 24.6 Å². The fourth-order valence-corrected chi connectivity index (χ4v) is 2.16. The standard InChI is InChI=1S/C19H23N3/c1-15-10-11-19(16(2)12-15)21-14-22(4)13-20-17(3)18-8-6-5-7-9-18/h5-14,17H,1-4H3. The molecule has 2 aromatic rings. The molecule has 0 aliphatic heterocycles. The van der Waals surface area contributed by atoms with Crippen LogP contribution in [-0.2, 0) is 0 Å². The molecule has 0 fully saturated rings. The molecule has 0 amide bonds. The molecule has 0 spiro atoms. The Morgan fingerprint density at radius 2 is 1.73 bits per heavy atom. The van der Waals surface area contributed by atoms with E-state index >= 15 is 0 Å². The van der Waals surface area contributed by atoms with Crippen molar-refractivity contribution in [1.29, 1.82) is 0 Å². The van der Waals surface area contributed by atoms with Gasteiger partial charge in [-0.2, -0.15) is 0 Å². The zero-order valence-corrected chi connectivity index (χ0v) is 13.7. The number of nitrogens with zero attached hydrogens (tertiary/aromatic N) is 3. The number of aryl methyl sites for hydroxylation is 2. The fourth-order valence-electron chi connectivity index (χ4n) is 2.16. The van der Waals surface area contributed by atoms with Crippen LogP contribution in [0.3, 0.4) is 0 Å². The Labute approximate surface area is 133 Å². The molecule has 3 nitrogen and oxygen atoms in total. The molecular weight excluding hydrogens is 270 g/mol. The van der Waals surface area contributed by atoms with Gasteiger partial charge < -0.3 is 4.90 Å². The van der Waals surface area contributed by atoms with E-state index < -0.39 is 0 Å². The highest BCUT2D eigenvalue weighted by Crippen LogP contribution is 2.19. The number of hydrogen-bond donors (Lipinski definition) is 0. The van der Waals surface area contributed by atoms with Gasteiger partial charge in [-0.25, -0.2) is 4.99 Å². The summed E-state index contributed by atoms with van der Waals surface area (Å²) in [5.74, 6) is 0. The zero-order chi connectivity index (χ0) is 15.9. The van der Waals surface area contributed by atoms with E-state index in [4.69, 9.17) is 0 Å². The molecule has 3 heteroatoms. The SMILES string of the molecule is Cc1ccc(N=CN(C)C=NC(C)c2ccccc2)c(C)c1. The Morgan fingerprint density at radius 1 is 1.00 bits per heavy atom. The predicted octanol–water partition coefficient (Wildman–Crippen LogP) is 4.68. The average molecular weight is 293 g/mol. The number of benzene rings is 2. The van der Waals surface area contributed by atoms with Crippen molar-refractivity contribution >= 4 is 18.4 Å². The van der Waals surface area contributed by atoms with E-state index in [2.05, 4.69) is 55.0 Å². The molecule has 0 aliphatic carbocycles. The number of rotatable bonds is 5. The van der Waals surface area contributed by atoms with Crippen molar-refractivity contribution in [2.45, 2.75) is 26.8 Å². The smallest absolute Gasteiger partial charge is 0.0961 e. The van der Waals surface area contributed by atoms with Gasteiger partial charge in [-0.05, 0) is 38.0 Å². The Hall–Kier alpha value is -2.42. The summed E-state index contributed by atoms with van der Waals surface area (Å²) in [5, 5.41) is 0. The first-order valence-corrected chi connectivity index (χ1v) is 7.48. The molecule has 0 saturated carbocycles. The molecular formula is C19H23N3. The van der Waals surface area contributed by atoms with Crippen LogP contribution in [0.4, 0.5) is 5.69 Å². The second kappa shape index (κ2) is 7.55. The molecule has 0 radical (unpaired) electrons.